The minimum absolute atomic E-state index is 0.210. The first-order valence-corrected chi connectivity index (χ1v) is 7.84. The topological polar surface area (TPSA) is 85.1 Å². The lowest BCUT2D eigenvalue weighted by molar-refractivity contribution is 0.145. The molecule has 0 radical (unpaired) electrons. The minimum Gasteiger partial charge on any atom is -0.393 e. The highest BCUT2D eigenvalue weighted by Crippen LogP contribution is 2.24. The zero-order valence-corrected chi connectivity index (χ0v) is 13.1. The standard InChI is InChI=1S/C17H18FN5O/c18-14-9-12(11-22-17-15(10-19)20-5-6-21-17)1-2-16(14)23-7-3-13(24)4-8-23/h1-2,5-6,9,13,24H,3-4,7-8,11H2,(H,21,22). The van der Waals surface area contributed by atoms with Crippen molar-refractivity contribution in [1.29, 1.82) is 5.26 Å². The number of nitrogens with one attached hydrogen (secondary N) is 1. The van der Waals surface area contributed by atoms with Crippen LogP contribution in [0.4, 0.5) is 15.9 Å². The number of hydrogen-bond donors (Lipinski definition) is 2. The van der Waals surface area contributed by atoms with E-state index in [4.69, 9.17) is 5.26 Å². The molecule has 0 unspecified atom stereocenters. The number of piperidine rings is 1. The lowest BCUT2D eigenvalue weighted by Gasteiger charge is -2.31. The molecule has 0 amide bonds. The van der Waals surface area contributed by atoms with E-state index in [-0.39, 0.29) is 17.6 Å². The minimum atomic E-state index is -0.287. The summed E-state index contributed by atoms with van der Waals surface area (Å²) in [5.74, 6) is 0.0971. The van der Waals surface area contributed by atoms with Crippen LogP contribution in [0.3, 0.4) is 0 Å². The van der Waals surface area contributed by atoms with Crippen molar-refractivity contribution < 1.29 is 9.50 Å². The lowest BCUT2D eigenvalue weighted by Crippen LogP contribution is -2.36. The number of hydrogen-bond acceptors (Lipinski definition) is 6. The van der Waals surface area contributed by atoms with E-state index in [1.165, 1.54) is 18.5 Å². The molecule has 1 aliphatic rings. The molecular formula is C17H18FN5O. The Balaban J connectivity index is 1.68. The molecule has 0 bridgehead atoms. The first kappa shape index (κ1) is 16.1. The molecule has 1 fully saturated rings. The summed E-state index contributed by atoms with van der Waals surface area (Å²) in [4.78, 5) is 9.94. The number of nitriles is 1. The molecule has 0 spiro atoms. The van der Waals surface area contributed by atoms with Crippen LogP contribution in [0.25, 0.3) is 0 Å². The number of rotatable bonds is 4. The van der Waals surface area contributed by atoms with Crippen molar-refractivity contribution in [2.45, 2.75) is 25.5 Å². The number of nitrogens with zero attached hydrogens (tertiary/aromatic N) is 4. The Morgan fingerprint density at radius 2 is 2.04 bits per heavy atom. The normalized spacial score (nSPS) is 15.1. The smallest absolute Gasteiger partial charge is 0.182 e. The van der Waals surface area contributed by atoms with Crippen molar-refractivity contribution in [2.24, 2.45) is 0 Å². The maximum atomic E-state index is 14.4. The van der Waals surface area contributed by atoms with Crippen molar-refractivity contribution >= 4 is 11.5 Å². The molecule has 2 aromatic rings. The van der Waals surface area contributed by atoms with Gasteiger partial charge in [-0.15, -0.1) is 0 Å². The molecular weight excluding hydrogens is 309 g/mol. The molecule has 1 aliphatic heterocycles. The highest BCUT2D eigenvalue weighted by atomic mass is 19.1. The van der Waals surface area contributed by atoms with Crippen molar-refractivity contribution in [1.82, 2.24) is 9.97 Å². The maximum Gasteiger partial charge on any atom is 0.182 e. The molecule has 0 aliphatic carbocycles. The average molecular weight is 327 g/mol. The third kappa shape index (κ3) is 3.60. The largest absolute Gasteiger partial charge is 0.393 e. The number of aliphatic hydroxyl groups excluding tert-OH is 1. The van der Waals surface area contributed by atoms with Crippen molar-refractivity contribution in [2.75, 3.05) is 23.3 Å². The van der Waals surface area contributed by atoms with E-state index in [9.17, 15) is 9.50 Å². The van der Waals surface area contributed by atoms with Gasteiger partial charge in [0.2, 0.25) is 0 Å². The van der Waals surface area contributed by atoms with Gasteiger partial charge in [0.25, 0.3) is 0 Å². The van der Waals surface area contributed by atoms with Crippen LogP contribution >= 0.6 is 0 Å². The van der Waals surface area contributed by atoms with Gasteiger partial charge in [0, 0.05) is 32.0 Å². The zero-order chi connectivity index (χ0) is 16.9. The van der Waals surface area contributed by atoms with Gasteiger partial charge in [-0.1, -0.05) is 6.07 Å². The second-order valence-corrected chi connectivity index (χ2v) is 5.72. The summed E-state index contributed by atoms with van der Waals surface area (Å²) in [5, 5.41) is 21.5. The van der Waals surface area contributed by atoms with E-state index < -0.39 is 0 Å². The quantitative estimate of drug-likeness (QED) is 0.894. The average Bonchev–Trinajstić information content (AvgIpc) is 2.61. The Hall–Kier alpha value is -2.72. The maximum absolute atomic E-state index is 14.4. The van der Waals surface area contributed by atoms with Crippen LogP contribution in [0, 0.1) is 17.1 Å². The highest BCUT2D eigenvalue weighted by molar-refractivity contribution is 5.51. The first-order valence-electron chi connectivity index (χ1n) is 7.84. The van der Waals surface area contributed by atoms with Crippen molar-refractivity contribution in [3.05, 3.63) is 47.7 Å². The fourth-order valence-corrected chi connectivity index (χ4v) is 2.76. The first-order chi connectivity index (χ1) is 11.7. The molecule has 2 heterocycles. The number of benzene rings is 1. The van der Waals surface area contributed by atoms with Gasteiger partial charge in [-0.3, -0.25) is 0 Å². The fraction of sp³-hybridized carbons (Fsp3) is 0.353. The monoisotopic (exact) mass is 327 g/mol. The van der Waals surface area contributed by atoms with Crippen LogP contribution < -0.4 is 10.2 Å². The number of anilines is 2. The van der Waals surface area contributed by atoms with Gasteiger partial charge in [0.1, 0.15) is 11.9 Å². The fourth-order valence-electron chi connectivity index (χ4n) is 2.76. The molecule has 24 heavy (non-hydrogen) atoms. The second-order valence-electron chi connectivity index (χ2n) is 5.72. The predicted octanol–water partition coefficient (Wildman–Crippen LogP) is 2.06. The third-order valence-corrected chi connectivity index (χ3v) is 4.08. The predicted molar refractivity (Wildman–Crippen MR) is 87.9 cm³/mol. The number of aliphatic hydroxyl groups is 1. The van der Waals surface area contributed by atoms with E-state index in [0.29, 0.717) is 44.0 Å². The second kappa shape index (κ2) is 7.23. The van der Waals surface area contributed by atoms with Gasteiger partial charge >= 0.3 is 0 Å². The molecule has 1 aromatic heterocycles. The summed E-state index contributed by atoms with van der Waals surface area (Å²) >= 11 is 0. The Kier molecular flexibility index (Phi) is 4.87. The molecule has 0 atom stereocenters. The Morgan fingerprint density at radius 3 is 2.75 bits per heavy atom. The highest BCUT2D eigenvalue weighted by Gasteiger charge is 2.19. The molecule has 2 N–H and O–H groups in total. The zero-order valence-electron chi connectivity index (χ0n) is 13.1. The number of halogens is 1. The van der Waals surface area contributed by atoms with Gasteiger partial charge in [0.15, 0.2) is 11.5 Å². The van der Waals surface area contributed by atoms with E-state index in [0.717, 1.165) is 5.56 Å². The molecule has 124 valence electrons. The van der Waals surface area contributed by atoms with Gasteiger partial charge in [-0.05, 0) is 30.5 Å². The Morgan fingerprint density at radius 1 is 1.29 bits per heavy atom. The van der Waals surface area contributed by atoms with Gasteiger partial charge < -0.3 is 15.3 Å². The van der Waals surface area contributed by atoms with E-state index in [1.54, 1.807) is 6.07 Å². The molecule has 6 nitrogen and oxygen atoms in total. The summed E-state index contributed by atoms with van der Waals surface area (Å²) in [6.07, 6.45) is 3.98. The summed E-state index contributed by atoms with van der Waals surface area (Å²) < 4.78 is 14.4. The molecule has 3 rings (SSSR count). The van der Waals surface area contributed by atoms with Gasteiger partial charge in [-0.2, -0.15) is 5.26 Å². The Bertz CT molecular complexity index is 753. The van der Waals surface area contributed by atoms with Gasteiger partial charge in [-0.25, -0.2) is 14.4 Å². The van der Waals surface area contributed by atoms with Crippen LogP contribution in [0.1, 0.15) is 24.1 Å². The molecule has 7 heteroatoms. The Labute approximate surface area is 139 Å². The van der Waals surface area contributed by atoms with Gasteiger partial charge in [0.05, 0.1) is 11.8 Å². The molecule has 1 saturated heterocycles. The van der Waals surface area contributed by atoms with E-state index in [2.05, 4.69) is 15.3 Å². The third-order valence-electron chi connectivity index (χ3n) is 4.08. The summed E-state index contributed by atoms with van der Waals surface area (Å²) in [6.45, 7) is 1.66. The van der Waals surface area contributed by atoms with Crippen molar-refractivity contribution in [3.8, 4) is 6.07 Å². The van der Waals surface area contributed by atoms with Crippen LogP contribution in [0.2, 0.25) is 0 Å². The molecule has 1 aromatic carbocycles. The molecule has 0 saturated carbocycles. The summed E-state index contributed by atoms with van der Waals surface area (Å²) in [6, 6.07) is 7.05. The van der Waals surface area contributed by atoms with Crippen molar-refractivity contribution in [3.63, 3.8) is 0 Å². The SMILES string of the molecule is N#Cc1nccnc1NCc1ccc(N2CCC(O)CC2)c(F)c1. The summed E-state index contributed by atoms with van der Waals surface area (Å²) in [5.41, 5.74) is 1.52. The van der Waals surface area contributed by atoms with Crippen LogP contribution in [-0.2, 0) is 6.54 Å². The van der Waals surface area contributed by atoms with Crippen LogP contribution in [-0.4, -0.2) is 34.3 Å². The lowest BCUT2D eigenvalue weighted by atomic mass is 10.1. The number of aromatic nitrogens is 2. The van der Waals surface area contributed by atoms with E-state index >= 15 is 0 Å². The van der Waals surface area contributed by atoms with Crippen LogP contribution in [0.5, 0.6) is 0 Å². The van der Waals surface area contributed by atoms with E-state index in [1.807, 2.05) is 17.0 Å². The summed E-state index contributed by atoms with van der Waals surface area (Å²) in [7, 11) is 0. The van der Waals surface area contributed by atoms with Crippen LogP contribution in [0.15, 0.2) is 30.6 Å².